The number of rotatable bonds is 6. The van der Waals surface area contributed by atoms with Crippen molar-refractivity contribution in [1.82, 2.24) is 4.98 Å². The number of thiazole rings is 1. The topological polar surface area (TPSA) is 96.8 Å². The standard InChI is InChI=1S/C26H19Cl2FN2O5S/c1-4-9-36-25(35)23-13(3)30-26(37-23)31-20(14-7-8-16(27)17(28)10-14)19(22(33)24(31)34)21(32)15-6-5-12(2)18(29)11-15/h4-8,10-11,20,32H,1,9H2,2-3H3/t20-/m0/s1. The van der Waals surface area contributed by atoms with E-state index in [9.17, 15) is 23.9 Å². The number of amides is 1. The van der Waals surface area contributed by atoms with Crippen LogP contribution in [0.2, 0.25) is 10.0 Å². The molecule has 7 nitrogen and oxygen atoms in total. The van der Waals surface area contributed by atoms with Gasteiger partial charge in [-0.25, -0.2) is 14.2 Å². The van der Waals surface area contributed by atoms with Gasteiger partial charge in [-0.15, -0.1) is 0 Å². The number of aliphatic hydroxyl groups excluding tert-OH is 1. The Kier molecular flexibility index (Phi) is 7.49. The van der Waals surface area contributed by atoms with Crippen LogP contribution in [0, 0.1) is 19.7 Å². The van der Waals surface area contributed by atoms with Crippen molar-refractivity contribution in [2.75, 3.05) is 11.5 Å². The molecule has 0 bridgehead atoms. The predicted molar refractivity (Wildman–Crippen MR) is 140 cm³/mol. The van der Waals surface area contributed by atoms with Crippen LogP contribution in [0.5, 0.6) is 0 Å². The second-order valence-corrected chi connectivity index (χ2v) is 9.90. The average Bonchev–Trinajstić information content (AvgIpc) is 3.37. The lowest BCUT2D eigenvalue weighted by Gasteiger charge is -2.23. The number of ether oxygens (including phenoxy) is 1. The highest BCUT2D eigenvalue weighted by atomic mass is 35.5. The van der Waals surface area contributed by atoms with E-state index in [1.165, 1.54) is 30.3 Å². The van der Waals surface area contributed by atoms with Crippen molar-refractivity contribution < 1.29 is 28.6 Å². The van der Waals surface area contributed by atoms with E-state index in [4.69, 9.17) is 27.9 Å². The summed E-state index contributed by atoms with van der Waals surface area (Å²) in [7, 11) is 0. The molecule has 1 fully saturated rings. The number of aromatic nitrogens is 1. The third-order valence-electron chi connectivity index (χ3n) is 5.66. The highest BCUT2D eigenvalue weighted by molar-refractivity contribution is 7.17. The summed E-state index contributed by atoms with van der Waals surface area (Å²) in [5.74, 6) is -3.85. The Bertz CT molecular complexity index is 1500. The molecule has 1 aromatic heterocycles. The van der Waals surface area contributed by atoms with Crippen LogP contribution in [-0.4, -0.2) is 34.4 Å². The number of benzene rings is 2. The number of hydrogen-bond donors (Lipinski definition) is 1. The van der Waals surface area contributed by atoms with Crippen LogP contribution in [0.3, 0.4) is 0 Å². The van der Waals surface area contributed by atoms with E-state index in [1.807, 2.05) is 0 Å². The van der Waals surface area contributed by atoms with Gasteiger partial charge in [-0.3, -0.25) is 14.5 Å². The molecular formula is C26H19Cl2FN2O5S. The Morgan fingerprint density at radius 1 is 1.22 bits per heavy atom. The summed E-state index contributed by atoms with van der Waals surface area (Å²) in [5, 5.41) is 11.6. The first kappa shape index (κ1) is 26.5. The lowest BCUT2D eigenvalue weighted by Crippen LogP contribution is -2.29. The number of carbonyl (C=O) groups excluding carboxylic acids is 3. The minimum absolute atomic E-state index is 0.00942. The molecule has 0 saturated carbocycles. The molecule has 1 aliphatic heterocycles. The van der Waals surface area contributed by atoms with Crippen molar-refractivity contribution in [2.45, 2.75) is 19.9 Å². The van der Waals surface area contributed by atoms with Crippen molar-refractivity contribution in [3.05, 3.63) is 97.8 Å². The van der Waals surface area contributed by atoms with Gasteiger partial charge in [0.1, 0.15) is 23.1 Å². The molecule has 0 aliphatic carbocycles. The summed E-state index contributed by atoms with van der Waals surface area (Å²) in [6.07, 6.45) is 1.41. The van der Waals surface area contributed by atoms with Gasteiger partial charge in [0.2, 0.25) is 0 Å². The number of ketones is 1. The van der Waals surface area contributed by atoms with Gasteiger partial charge >= 0.3 is 11.9 Å². The maximum atomic E-state index is 14.3. The van der Waals surface area contributed by atoms with E-state index in [0.717, 1.165) is 22.3 Å². The average molecular weight is 561 g/mol. The van der Waals surface area contributed by atoms with Crippen molar-refractivity contribution in [1.29, 1.82) is 0 Å². The fourth-order valence-corrected chi connectivity index (χ4v) is 5.09. The highest BCUT2D eigenvalue weighted by Crippen LogP contribution is 2.45. The van der Waals surface area contributed by atoms with E-state index < -0.39 is 35.3 Å². The molecule has 0 spiro atoms. The summed E-state index contributed by atoms with van der Waals surface area (Å²) in [6, 6.07) is 7.24. The van der Waals surface area contributed by atoms with E-state index in [0.29, 0.717) is 11.1 Å². The lowest BCUT2D eigenvalue weighted by molar-refractivity contribution is -0.132. The molecule has 2 aromatic carbocycles. The van der Waals surface area contributed by atoms with E-state index in [-0.39, 0.29) is 43.5 Å². The van der Waals surface area contributed by atoms with Gasteiger partial charge < -0.3 is 9.84 Å². The van der Waals surface area contributed by atoms with Crippen LogP contribution in [0.4, 0.5) is 9.52 Å². The van der Waals surface area contributed by atoms with Crippen LogP contribution in [0.1, 0.15) is 38.1 Å². The molecule has 2 heterocycles. The molecule has 1 aliphatic rings. The molecular weight excluding hydrogens is 542 g/mol. The Balaban J connectivity index is 1.92. The number of nitrogens with zero attached hydrogens (tertiary/aromatic N) is 2. The van der Waals surface area contributed by atoms with E-state index >= 15 is 0 Å². The number of halogens is 3. The minimum atomic E-state index is -1.19. The Morgan fingerprint density at radius 3 is 2.59 bits per heavy atom. The fraction of sp³-hybridized carbons (Fsp3) is 0.154. The third-order valence-corrected chi connectivity index (χ3v) is 7.53. The number of hydrogen-bond acceptors (Lipinski definition) is 7. The normalized spacial score (nSPS) is 16.8. The summed E-state index contributed by atoms with van der Waals surface area (Å²) < 4.78 is 19.4. The molecule has 1 N–H and O–H groups in total. The predicted octanol–water partition coefficient (Wildman–Crippen LogP) is 6.17. The van der Waals surface area contributed by atoms with Gasteiger partial charge in [-0.05, 0) is 43.2 Å². The zero-order valence-electron chi connectivity index (χ0n) is 19.5. The number of anilines is 1. The van der Waals surface area contributed by atoms with Gasteiger partial charge in [0.25, 0.3) is 5.78 Å². The van der Waals surface area contributed by atoms with Crippen LogP contribution < -0.4 is 4.90 Å². The zero-order chi connectivity index (χ0) is 27.0. The monoisotopic (exact) mass is 560 g/mol. The molecule has 0 radical (unpaired) electrons. The number of Topliss-reactive ketones (excluding diaryl/α,β-unsaturated/α-hetero) is 1. The SMILES string of the molecule is C=CCOC(=O)c1sc(N2C(=O)C(=O)C(=C(O)c3ccc(C)c(F)c3)[C@@H]2c2ccc(Cl)c(Cl)c2)nc1C. The summed E-state index contributed by atoms with van der Waals surface area (Å²) in [4.78, 5) is 44.6. The maximum absolute atomic E-state index is 14.3. The van der Waals surface area contributed by atoms with E-state index in [1.54, 1.807) is 19.9 Å². The molecule has 11 heteroatoms. The first-order valence-electron chi connectivity index (χ1n) is 10.8. The van der Waals surface area contributed by atoms with Crippen molar-refractivity contribution >= 4 is 63.1 Å². The largest absolute Gasteiger partial charge is 0.507 e. The minimum Gasteiger partial charge on any atom is -0.507 e. The van der Waals surface area contributed by atoms with Gasteiger partial charge in [0, 0.05) is 5.56 Å². The molecule has 1 atom stereocenters. The first-order chi connectivity index (χ1) is 17.5. The van der Waals surface area contributed by atoms with Gasteiger partial charge in [-0.1, -0.05) is 65.4 Å². The zero-order valence-corrected chi connectivity index (χ0v) is 21.9. The van der Waals surface area contributed by atoms with E-state index in [2.05, 4.69) is 11.6 Å². The summed E-state index contributed by atoms with van der Waals surface area (Å²) in [5.41, 5.74) is 0.674. The first-order valence-corrected chi connectivity index (χ1v) is 12.4. The van der Waals surface area contributed by atoms with Crippen molar-refractivity contribution in [3.8, 4) is 0 Å². The molecule has 4 rings (SSSR count). The van der Waals surface area contributed by atoms with Gasteiger partial charge in [-0.2, -0.15) is 0 Å². The lowest BCUT2D eigenvalue weighted by atomic mass is 9.95. The smallest absolute Gasteiger partial charge is 0.350 e. The van der Waals surface area contributed by atoms with Crippen LogP contribution >= 0.6 is 34.5 Å². The quantitative estimate of drug-likeness (QED) is 0.127. The Hall–Kier alpha value is -3.53. The fourth-order valence-electron chi connectivity index (χ4n) is 3.80. The summed E-state index contributed by atoms with van der Waals surface area (Å²) >= 11 is 13.2. The number of esters is 1. The molecule has 3 aromatic rings. The second kappa shape index (κ2) is 10.5. The maximum Gasteiger partial charge on any atom is 0.350 e. The molecule has 190 valence electrons. The summed E-state index contributed by atoms with van der Waals surface area (Å²) in [6.45, 7) is 6.59. The number of aryl methyl sites for hydroxylation is 2. The second-order valence-electron chi connectivity index (χ2n) is 8.10. The number of aliphatic hydroxyl groups is 1. The molecule has 1 amide bonds. The van der Waals surface area contributed by atoms with Crippen LogP contribution in [0.25, 0.3) is 5.76 Å². The van der Waals surface area contributed by atoms with Gasteiger partial charge in [0.15, 0.2) is 5.13 Å². The Labute approximate surface area is 225 Å². The van der Waals surface area contributed by atoms with Crippen LogP contribution in [-0.2, 0) is 14.3 Å². The molecule has 0 unspecified atom stereocenters. The Morgan fingerprint density at radius 2 is 1.95 bits per heavy atom. The van der Waals surface area contributed by atoms with Gasteiger partial charge in [0.05, 0.1) is 27.4 Å². The number of carbonyl (C=O) groups is 3. The third kappa shape index (κ3) is 4.90. The van der Waals surface area contributed by atoms with Crippen molar-refractivity contribution in [2.24, 2.45) is 0 Å². The van der Waals surface area contributed by atoms with Crippen LogP contribution in [0.15, 0.2) is 54.6 Å². The van der Waals surface area contributed by atoms with Crippen molar-refractivity contribution in [3.63, 3.8) is 0 Å². The highest BCUT2D eigenvalue weighted by Gasteiger charge is 2.48. The molecule has 37 heavy (non-hydrogen) atoms. The molecule has 1 saturated heterocycles.